The van der Waals surface area contributed by atoms with Crippen LogP contribution in [-0.4, -0.2) is 28.8 Å². The van der Waals surface area contributed by atoms with Crippen LogP contribution in [0.2, 0.25) is 0 Å². The Bertz CT molecular complexity index is 264. The van der Waals surface area contributed by atoms with Gasteiger partial charge in [-0.25, -0.2) is 9.59 Å². The number of alkyl carbamates (subject to hydrolysis) is 1. The maximum Gasteiger partial charge on any atom is 0.408 e. The Labute approximate surface area is 89.1 Å². The van der Waals surface area contributed by atoms with E-state index in [1.165, 1.54) is 6.92 Å². The van der Waals surface area contributed by atoms with E-state index in [2.05, 4.69) is 11.9 Å². The SMILES string of the molecule is C=C(C)C(NC(=O)OC(C)(C)C)C(=O)O. The minimum absolute atomic E-state index is 0.341. The first-order valence-electron chi connectivity index (χ1n) is 4.51. The minimum Gasteiger partial charge on any atom is -0.479 e. The number of amides is 1. The van der Waals surface area contributed by atoms with E-state index < -0.39 is 23.7 Å². The van der Waals surface area contributed by atoms with Crippen molar-refractivity contribution in [3.8, 4) is 0 Å². The third kappa shape index (κ3) is 5.72. The van der Waals surface area contributed by atoms with E-state index in [1.54, 1.807) is 20.8 Å². The Hall–Kier alpha value is -1.52. The predicted molar refractivity (Wildman–Crippen MR) is 55.6 cm³/mol. The van der Waals surface area contributed by atoms with Gasteiger partial charge in [-0.05, 0) is 33.3 Å². The summed E-state index contributed by atoms with van der Waals surface area (Å²) in [5.41, 5.74) is -0.310. The fourth-order valence-electron chi connectivity index (χ4n) is 0.821. The molecule has 0 fully saturated rings. The molecule has 15 heavy (non-hydrogen) atoms. The molecule has 86 valence electrons. The van der Waals surface area contributed by atoms with Crippen molar-refractivity contribution in [3.05, 3.63) is 12.2 Å². The lowest BCUT2D eigenvalue weighted by Crippen LogP contribution is -2.43. The number of carboxylic acid groups (broad SMARTS) is 1. The molecule has 0 aliphatic rings. The highest BCUT2D eigenvalue weighted by Gasteiger charge is 2.24. The number of nitrogens with one attached hydrogen (secondary N) is 1. The van der Waals surface area contributed by atoms with Gasteiger partial charge in [0.1, 0.15) is 5.60 Å². The van der Waals surface area contributed by atoms with E-state index in [0.29, 0.717) is 5.57 Å². The lowest BCUT2D eigenvalue weighted by molar-refractivity contribution is -0.138. The molecule has 0 radical (unpaired) electrons. The number of ether oxygens (including phenoxy) is 1. The molecule has 0 rings (SSSR count). The predicted octanol–water partition coefficient (Wildman–Crippen LogP) is 1.54. The monoisotopic (exact) mass is 215 g/mol. The average Bonchev–Trinajstić information content (AvgIpc) is 1.95. The Morgan fingerprint density at radius 3 is 2.13 bits per heavy atom. The number of carbonyl (C=O) groups excluding carboxylic acids is 1. The molecular weight excluding hydrogens is 198 g/mol. The van der Waals surface area contributed by atoms with Crippen LogP contribution in [0.15, 0.2) is 12.2 Å². The van der Waals surface area contributed by atoms with Crippen molar-refractivity contribution in [2.24, 2.45) is 0 Å². The largest absolute Gasteiger partial charge is 0.479 e. The maximum absolute atomic E-state index is 11.2. The minimum atomic E-state index is -1.16. The summed E-state index contributed by atoms with van der Waals surface area (Å²) in [7, 11) is 0. The smallest absolute Gasteiger partial charge is 0.408 e. The average molecular weight is 215 g/mol. The van der Waals surface area contributed by atoms with Crippen molar-refractivity contribution in [2.45, 2.75) is 39.3 Å². The van der Waals surface area contributed by atoms with Gasteiger partial charge in [0.15, 0.2) is 6.04 Å². The summed E-state index contributed by atoms with van der Waals surface area (Å²) in [6.45, 7) is 10.1. The van der Waals surface area contributed by atoms with Crippen LogP contribution in [0, 0.1) is 0 Å². The topological polar surface area (TPSA) is 75.6 Å². The lowest BCUT2D eigenvalue weighted by atomic mass is 10.1. The molecule has 1 amide bonds. The molecule has 0 saturated carbocycles. The van der Waals surface area contributed by atoms with Gasteiger partial charge < -0.3 is 15.2 Å². The van der Waals surface area contributed by atoms with Crippen molar-refractivity contribution in [1.82, 2.24) is 5.32 Å². The second-order valence-corrected chi connectivity index (χ2v) is 4.26. The molecule has 1 atom stereocenters. The maximum atomic E-state index is 11.2. The van der Waals surface area contributed by atoms with Gasteiger partial charge in [0.25, 0.3) is 0 Å². The zero-order valence-electron chi connectivity index (χ0n) is 9.46. The van der Waals surface area contributed by atoms with Gasteiger partial charge in [-0.2, -0.15) is 0 Å². The van der Waals surface area contributed by atoms with Gasteiger partial charge in [0.05, 0.1) is 0 Å². The number of hydrogen-bond acceptors (Lipinski definition) is 3. The van der Waals surface area contributed by atoms with Crippen LogP contribution in [-0.2, 0) is 9.53 Å². The van der Waals surface area contributed by atoms with Gasteiger partial charge in [0.2, 0.25) is 0 Å². The van der Waals surface area contributed by atoms with Gasteiger partial charge in [-0.3, -0.25) is 0 Å². The van der Waals surface area contributed by atoms with E-state index in [-0.39, 0.29) is 0 Å². The summed E-state index contributed by atoms with van der Waals surface area (Å²) in [6.07, 6.45) is -0.766. The van der Waals surface area contributed by atoms with E-state index in [1.807, 2.05) is 0 Å². The third-order valence-corrected chi connectivity index (χ3v) is 1.40. The first kappa shape index (κ1) is 13.5. The molecule has 0 aromatic heterocycles. The third-order valence-electron chi connectivity index (χ3n) is 1.40. The number of carboxylic acids is 1. The second kappa shape index (κ2) is 4.82. The van der Waals surface area contributed by atoms with Crippen LogP contribution in [0.4, 0.5) is 4.79 Å². The zero-order valence-corrected chi connectivity index (χ0v) is 9.46. The standard InChI is InChI=1S/C10H17NO4/c1-6(2)7(8(12)13)11-9(14)15-10(3,4)5/h7H,1H2,2-5H3,(H,11,14)(H,12,13). The number of hydrogen-bond donors (Lipinski definition) is 2. The fraction of sp³-hybridized carbons (Fsp3) is 0.600. The summed E-state index contributed by atoms with van der Waals surface area (Å²) in [5.74, 6) is -1.16. The van der Waals surface area contributed by atoms with Crippen LogP contribution in [0.1, 0.15) is 27.7 Å². The molecule has 0 aliphatic heterocycles. The summed E-state index contributed by atoms with van der Waals surface area (Å²) >= 11 is 0. The molecule has 0 aliphatic carbocycles. The van der Waals surface area contributed by atoms with Crippen LogP contribution in [0.5, 0.6) is 0 Å². The summed E-state index contributed by atoms with van der Waals surface area (Å²) in [5, 5.41) is 11.0. The quantitative estimate of drug-likeness (QED) is 0.700. The highest BCUT2D eigenvalue weighted by molar-refractivity contribution is 5.82. The highest BCUT2D eigenvalue weighted by Crippen LogP contribution is 2.07. The Kier molecular flexibility index (Phi) is 4.33. The van der Waals surface area contributed by atoms with E-state index in [4.69, 9.17) is 9.84 Å². The summed E-state index contributed by atoms with van der Waals surface area (Å²) < 4.78 is 4.91. The van der Waals surface area contributed by atoms with Crippen LogP contribution >= 0.6 is 0 Å². The molecule has 2 N–H and O–H groups in total. The molecular formula is C10H17NO4. The Morgan fingerprint density at radius 2 is 1.87 bits per heavy atom. The van der Waals surface area contributed by atoms with Crippen molar-refractivity contribution in [1.29, 1.82) is 0 Å². The lowest BCUT2D eigenvalue weighted by Gasteiger charge is -2.22. The van der Waals surface area contributed by atoms with E-state index >= 15 is 0 Å². The molecule has 0 saturated heterocycles. The van der Waals surface area contributed by atoms with Crippen molar-refractivity contribution >= 4 is 12.1 Å². The molecule has 0 spiro atoms. The summed E-state index contributed by atoms with van der Waals surface area (Å²) in [6, 6.07) is -1.11. The van der Waals surface area contributed by atoms with Crippen LogP contribution in [0.3, 0.4) is 0 Å². The van der Waals surface area contributed by atoms with Gasteiger partial charge in [-0.15, -0.1) is 0 Å². The number of carbonyl (C=O) groups is 2. The molecule has 5 nitrogen and oxygen atoms in total. The van der Waals surface area contributed by atoms with Gasteiger partial charge in [-0.1, -0.05) is 6.58 Å². The van der Waals surface area contributed by atoms with Crippen molar-refractivity contribution in [2.75, 3.05) is 0 Å². The molecule has 5 heteroatoms. The molecule has 0 aromatic rings. The van der Waals surface area contributed by atoms with E-state index in [0.717, 1.165) is 0 Å². The van der Waals surface area contributed by atoms with Gasteiger partial charge in [0, 0.05) is 0 Å². The molecule has 0 heterocycles. The molecule has 1 unspecified atom stereocenters. The van der Waals surface area contributed by atoms with Gasteiger partial charge >= 0.3 is 12.1 Å². The van der Waals surface area contributed by atoms with Crippen molar-refractivity contribution < 1.29 is 19.4 Å². The van der Waals surface area contributed by atoms with Crippen LogP contribution < -0.4 is 5.32 Å². The molecule has 0 aromatic carbocycles. The fourth-order valence-corrected chi connectivity index (χ4v) is 0.821. The second-order valence-electron chi connectivity index (χ2n) is 4.26. The number of rotatable bonds is 3. The first-order valence-corrected chi connectivity index (χ1v) is 4.51. The Balaban J connectivity index is 4.38. The van der Waals surface area contributed by atoms with Crippen LogP contribution in [0.25, 0.3) is 0 Å². The van der Waals surface area contributed by atoms with E-state index in [9.17, 15) is 9.59 Å². The first-order chi connectivity index (χ1) is 6.63. The zero-order chi connectivity index (χ0) is 12.2. The number of aliphatic carboxylic acids is 1. The highest BCUT2D eigenvalue weighted by atomic mass is 16.6. The van der Waals surface area contributed by atoms with Crippen molar-refractivity contribution in [3.63, 3.8) is 0 Å². The summed E-state index contributed by atoms with van der Waals surface area (Å²) in [4.78, 5) is 22.0. The molecule has 0 bridgehead atoms. The normalized spacial score (nSPS) is 12.8. The Morgan fingerprint density at radius 1 is 1.40 bits per heavy atom.